The third kappa shape index (κ3) is 4.39. The van der Waals surface area contributed by atoms with Crippen molar-refractivity contribution in [1.82, 2.24) is 0 Å². The molecule has 1 aromatic rings. The van der Waals surface area contributed by atoms with Crippen molar-refractivity contribution in [2.24, 2.45) is 5.73 Å². The molecule has 0 fully saturated rings. The number of hydrogen-bond donors (Lipinski definition) is 1. The van der Waals surface area contributed by atoms with E-state index in [2.05, 4.69) is 26.0 Å². The van der Waals surface area contributed by atoms with Gasteiger partial charge in [-0.3, -0.25) is 0 Å². The molecule has 0 heterocycles. The second kappa shape index (κ2) is 7.33. The molecule has 0 atom stereocenters. The van der Waals surface area contributed by atoms with Crippen molar-refractivity contribution in [2.75, 3.05) is 13.7 Å². The van der Waals surface area contributed by atoms with Gasteiger partial charge in [0.05, 0.1) is 7.11 Å². The molecule has 2 heteroatoms. The predicted octanol–water partition coefficient (Wildman–Crippen LogP) is 3.37. The fourth-order valence-corrected chi connectivity index (χ4v) is 2.33. The molecule has 0 aliphatic heterocycles. The van der Waals surface area contributed by atoms with Crippen LogP contribution < -0.4 is 10.5 Å². The first kappa shape index (κ1) is 14.0. The number of methoxy groups -OCH3 is 1. The summed E-state index contributed by atoms with van der Waals surface area (Å²) in [4.78, 5) is 0. The van der Waals surface area contributed by atoms with Gasteiger partial charge >= 0.3 is 0 Å². The number of ether oxygens (including phenoxy) is 1. The predicted molar refractivity (Wildman–Crippen MR) is 73.7 cm³/mol. The third-order valence-electron chi connectivity index (χ3n) is 3.14. The number of hydrogen-bond acceptors (Lipinski definition) is 2. The fourth-order valence-electron chi connectivity index (χ4n) is 2.33. The minimum atomic E-state index is 0.820. The minimum Gasteiger partial charge on any atom is -0.496 e. The molecule has 0 bridgehead atoms. The first-order valence-corrected chi connectivity index (χ1v) is 6.53. The Morgan fingerprint density at radius 3 is 2.12 bits per heavy atom. The molecule has 0 unspecified atom stereocenters. The summed E-state index contributed by atoms with van der Waals surface area (Å²) in [6.45, 7) is 5.05. The maximum atomic E-state index is 5.48. The van der Waals surface area contributed by atoms with E-state index in [0.717, 1.165) is 25.1 Å². The average molecular weight is 235 g/mol. The topological polar surface area (TPSA) is 35.2 Å². The van der Waals surface area contributed by atoms with Crippen LogP contribution in [0.2, 0.25) is 0 Å². The van der Waals surface area contributed by atoms with Gasteiger partial charge < -0.3 is 10.5 Å². The SMILES string of the molecule is COc1c(C)cc(CCCCCCN)cc1C. The van der Waals surface area contributed by atoms with Crippen LogP contribution in [0.3, 0.4) is 0 Å². The largest absolute Gasteiger partial charge is 0.496 e. The standard InChI is InChI=1S/C15H25NO/c1-12-10-14(8-6-4-5-7-9-16)11-13(2)15(12)17-3/h10-11H,4-9,16H2,1-3H3. The van der Waals surface area contributed by atoms with Gasteiger partial charge in [-0.2, -0.15) is 0 Å². The molecule has 1 rings (SSSR count). The van der Waals surface area contributed by atoms with Gasteiger partial charge in [0.15, 0.2) is 0 Å². The van der Waals surface area contributed by atoms with Gasteiger partial charge in [0.25, 0.3) is 0 Å². The second-order valence-corrected chi connectivity index (χ2v) is 4.72. The summed E-state index contributed by atoms with van der Waals surface area (Å²) < 4.78 is 5.37. The van der Waals surface area contributed by atoms with Crippen molar-refractivity contribution in [3.63, 3.8) is 0 Å². The summed E-state index contributed by atoms with van der Waals surface area (Å²) in [5.41, 5.74) is 9.38. The van der Waals surface area contributed by atoms with Crippen LogP contribution in [0.15, 0.2) is 12.1 Å². The Morgan fingerprint density at radius 1 is 1.00 bits per heavy atom. The molecule has 1 aromatic carbocycles. The Labute approximate surface area is 105 Å². The zero-order chi connectivity index (χ0) is 12.7. The molecule has 2 N–H and O–H groups in total. The molecule has 17 heavy (non-hydrogen) atoms. The van der Waals surface area contributed by atoms with Gasteiger partial charge in [-0.1, -0.05) is 25.0 Å². The van der Waals surface area contributed by atoms with Crippen LogP contribution in [0.4, 0.5) is 0 Å². The van der Waals surface area contributed by atoms with E-state index >= 15 is 0 Å². The lowest BCUT2D eigenvalue weighted by molar-refractivity contribution is 0.408. The maximum absolute atomic E-state index is 5.48. The molecule has 0 aromatic heterocycles. The number of unbranched alkanes of at least 4 members (excludes halogenated alkanes) is 3. The fraction of sp³-hybridized carbons (Fsp3) is 0.600. The van der Waals surface area contributed by atoms with E-state index in [1.54, 1.807) is 7.11 Å². The smallest absolute Gasteiger partial charge is 0.124 e. The monoisotopic (exact) mass is 235 g/mol. The number of aryl methyl sites for hydroxylation is 3. The zero-order valence-electron chi connectivity index (χ0n) is 11.4. The molecule has 0 saturated carbocycles. The van der Waals surface area contributed by atoms with Gasteiger partial charge in [0, 0.05) is 0 Å². The quantitative estimate of drug-likeness (QED) is 0.735. The molecule has 2 nitrogen and oxygen atoms in total. The van der Waals surface area contributed by atoms with Crippen molar-refractivity contribution in [3.05, 3.63) is 28.8 Å². The van der Waals surface area contributed by atoms with Crippen molar-refractivity contribution in [2.45, 2.75) is 46.0 Å². The summed E-state index contributed by atoms with van der Waals surface area (Å²) in [6.07, 6.45) is 6.11. The second-order valence-electron chi connectivity index (χ2n) is 4.72. The van der Waals surface area contributed by atoms with Crippen molar-refractivity contribution in [1.29, 1.82) is 0 Å². The minimum absolute atomic E-state index is 0.820. The number of rotatable bonds is 7. The summed E-state index contributed by atoms with van der Waals surface area (Å²) in [5, 5.41) is 0. The molecule has 96 valence electrons. The van der Waals surface area contributed by atoms with E-state index in [-0.39, 0.29) is 0 Å². The molecule has 0 spiro atoms. The number of nitrogens with two attached hydrogens (primary N) is 1. The molecule has 0 radical (unpaired) electrons. The molecule has 0 aliphatic rings. The van der Waals surface area contributed by atoms with Crippen LogP contribution in [0.1, 0.15) is 42.4 Å². The highest BCUT2D eigenvalue weighted by Gasteiger charge is 2.04. The summed E-state index contributed by atoms with van der Waals surface area (Å²) in [6, 6.07) is 4.49. The van der Waals surface area contributed by atoms with E-state index in [0.29, 0.717) is 0 Å². The summed E-state index contributed by atoms with van der Waals surface area (Å²) in [7, 11) is 1.74. The van der Waals surface area contributed by atoms with Crippen molar-refractivity contribution < 1.29 is 4.74 Å². The van der Waals surface area contributed by atoms with Crippen LogP contribution in [-0.4, -0.2) is 13.7 Å². The van der Waals surface area contributed by atoms with Gasteiger partial charge in [0.1, 0.15) is 5.75 Å². The van der Waals surface area contributed by atoms with Crippen LogP contribution in [0, 0.1) is 13.8 Å². The van der Waals surface area contributed by atoms with E-state index in [1.807, 2.05) is 0 Å². The highest BCUT2D eigenvalue weighted by atomic mass is 16.5. The first-order chi connectivity index (χ1) is 8.19. The molecular weight excluding hydrogens is 210 g/mol. The Balaban J connectivity index is 2.49. The highest BCUT2D eigenvalue weighted by molar-refractivity contribution is 5.43. The van der Waals surface area contributed by atoms with Crippen LogP contribution in [0.5, 0.6) is 5.75 Å². The van der Waals surface area contributed by atoms with Crippen molar-refractivity contribution in [3.8, 4) is 5.75 Å². The Hall–Kier alpha value is -1.02. The van der Waals surface area contributed by atoms with Gasteiger partial charge in [-0.05, 0) is 56.3 Å². The van der Waals surface area contributed by atoms with E-state index in [4.69, 9.17) is 10.5 Å². The van der Waals surface area contributed by atoms with Gasteiger partial charge in [0.2, 0.25) is 0 Å². The summed E-state index contributed by atoms with van der Waals surface area (Å²) in [5.74, 6) is 1.02. The normalized spacial score (nSPS) is 10.6. The Morgan fingerprint density at radius 2 is 1.59 bits per heavy atom. The molecule has 0 amide bonds. The van der Waals surface area contributed by atoms with Gasteiger partial charge in [-0.15, -0.1) is 0 Å². The molecular formula is C15H25NO. The van der Waals surface area contributed by atoms with E-state index in [1.165, 1.54) is 36.0 Å². The Bertz CT molecular complexity index is 324. The zero-order valence-corrected chi connectivity index (χ0v) is 11.4. The van der Waals surface area contributed by atoms with Crippen LogP contribution in [0.25, 0.3) is 0 Å². The average Bonchev–Trinajstić information content (AvgIpc) is 2.28. The Kier molecular flexibility index (Phi) is 6.06. The lowest BCUT2D eigenvalue weighted by atomic mass is 10.0. The third-order valence-corrected chi connectivity index (χ3v) is 3.14. The molecule has 0 saturated heterocycles. The maximum Gasteiger partial charge on any atom is 0.124 e. The van der Waals surface area contributed by atoms with E-state index < -0.39 is 0 Å². The first-order valence-electron chi connectivity index (χ1n) is 6.53. The van der Waals surface area contributed by atoms with Gasteiger partial charge in [-0.25, -0.2) is 0 Å². The van der Waals surface area contributed by atoms with Crippen LogP contribution in [-0.2, 0) is 6.42 Å². The molecule has 0 aliphatic carbocycles. The van der Waals surface area contributed by atoms with Crippen molar-refractivity contribution >= 4 is 0 Å². The summed E-state index contributed by atoms with van der Waals surface area (Å²) >= 11 is 0. The van der Waals surface area contributed by atoms with E-state index in [9.17, 15) is 0 Å². The number of benzene rings is 1. The lowest BCUT2D eigenvalue weighted by Gasteiger charge is -2.11. The highest BCUT2D eigenvalue weighted by Crippen LogP contribution is 2.25. The van der Waals surface area contributed by atoms with Crippen LogP contribution >= 0.6 is 0 Å². The lowest BCUT2D eigenvalue weighted by Crippen LogP contribution is -1.98.